The quantitative estimate of drug-likeness (QED) is 0.0380. The van der Waals surface area contributed by atoms with Crippen LogP contribution in [0.25, 0.3) is 0 Å². The van der Waals surface area contributed by atoms with Gasteiger partial charge < -0.3 is 34.9 Å². The first-order valence-electron chi connectivity index (χ1n) is 17.6. The molecule has 0 radical (unpaired) electrons. The van der Waals surface area contributed by atoms with Gasteiger partial charge >= 0.3 is 5.97 Å². The molecule has 1 aliphatic rings. The SMILES string of the molecule is C=C(CCCCCS)CCCCC(=O)NCCOCCOCC/C=C\CCOCCC(=O)NC1CC(C(=O)OCC)=CCC1NC(C)=O. The number of allylic oxidation sites excluding steroid dienone is 1. The Kier molecular flexibility index (Phi) is 26.4. The van der Waals surface area contributed by atoms with Gasteiger partial charge in [-0.3, -0.25) is 14.4 Å². The summed E-state index contributed by atoms with van der Waals surface area (Å²) in [6, 6.07) is -0.679. The molecule has 274 valence electrons. The fourth-order valence-electron chi connectivity index (χ4n) is 5.07. The zero-order chi connectivity index (χ0) is 35.2. The number of hydrogen-bond donors (Lipinski definition) is 4. The number of nitrogens with one attached hydrogen (secondary N) is 3. The van der Waals surface area contributed by atoms with E-state index < -0.39 is 12.0 Å². The molecule has 0 aliphatic heterocycles. The molecule has 0 saturated heterocycles. The largest absolute Gasteiger partial charge is 0.463 e. The topological polar surface area (TPSA) is 141 Å². The number of ether oxygens (including phenoxy) is 4. The molecule has 0 spiro atoms. The van der Waals surface area contributed by atoms with E-state index in [-0.39, 0.29) is 43.4 Å². The number of esters is 1. The van der Waals surface area contributed by atoms with Crippen molar-refractivity contribution in [2.75, 3.05) is 58.5 Å². The van der Waals surface area contributed by atoms with Crippen LogP contribution in [-0.2, 0) is 38.1 Å². The third-order valence-electron chi connectivity index (χ3n) is 7.63. The van der Waals surface area contributed by atoms with Gasteiger partial charge in [-0.05, 0) is 70.5 Å². The van der Waals surface area contributed by atoms with Gasteiger partial charge in [-0.1, -0.05) is 36.8 Å². The average Bonchev–Trinajstić information content (AvgIpc) is 3.05. The third kappa shape index (κ3) is 23.6. The van der Waals surface area contributed by atoms with Crippen LogP contribution in [0.2, 0.25) is 0 Å². The molecule has 0 aromatic rings. The Labute approximate surface area is 293 Å². The predicted molar refractivity (Wildman–Crippen MR) is 192 cm³/mol. The molecule has 2 unspecified atom stereocenters. The lowest BCUT2D eigenvalue weighted by Crippen LogP contribution is -2.53. The highest BCUT2D eigenvalue weighted by atomic mass is 32.1. The molecule has 1 rings (SSSR count). The Morgan fingerprint density at radius 1 is 0.812 bits per heavy atom. The number of hydrogen-bond acceptors (Lipinski definition) is 9. The first-order valence-corrected chi connectivity index (χ1v) is 18.2. The van der Waals surface area contributed by atoms with Crippen LogP contribution >= 0.6 is 12.6 Å². The number of carbonyl (C=O) groups is 4. The second kappa shape index (κ2) is 29.3. The molecule has 0 aromatic heterocycles. The maximum absolute atomic E-state index is 12.5. The van der Waals surface area contributed by atoms with Crippen LogP contribution < -0.4 is 16.0 Å². The number of carbonyl (C=O) groups excluding carboxylic acids is 4. The van der Waals surface area contributed by atoms with E-state index in [4.69, 9.17) is 18.9 Å². The van der Waals surface area contributed by atoms with Crippen LogP contribution in [0.5, 0.6) is 0 Å². The van der Waals surface area contributed by atoms with E-state index in [2.05, 4.69) is 35.2 Å². The van der Waals surface area contributed by atoms with Crippen LogP contribution in [0.4, 0.5) is 0 Å². The fraction of sp³-hybridized carbons (Fsp3) is 0.722. The molecule has 11 nitrogen and oxygen atoms in total. The van der Waals surface area contributed by atoms with Crippen molar-refractivity contribution in [3.05, 3.63) is 36.0 Å². The van der Waals surface area contributed by atoms with Crippen molar-refractivity contribution in [1.82, 2.24) is 16.0 Å². The normalized spacial score (nSPS) is 15.9. The van der Waals surface area contributed by atoms with E-state index in [1.165, 1.54) is 25.3 Å². The van der Waals surface area contributed by atoms with Gasteiger partial charge in [0.15, 0.2) is 0 Å². The van der Waals surface area contributed by atoms with E-state index in [0.717, 1.165) is 50.7 Å². The van der Waals surface area contributed by atoms with Gasteiger partial charge in [-0.25, -0.2) is 4.79 Å². The summed E-state index contributed by atoms with van der Waals surface area (Å²) in [4.78, 5) is 48.2. The van der Waals surface area contributed by atoms with Gasteiger partial charge in [0.1, 0.15) is 0 Å². The molecule has 3 N–H and O–H groups in total. The van der Waals surface area contributed by atoms with Crippen LogP contribution in [0.3, 0.4) is 0 Å². The summed E-state index contributed by atoms with van der Waals surface area (Å²) in [5.74, 6) is 0.228. The van der Waals surface area contributed by atoms with Crippen LogP contribution in [0, 0.1) is 0 Å². The molecule has 0 heterocycles. The van der Waals surface area contributed by atoms with E-state index in [0.29, 0.717) is 64.4 Å². The molecule has 0 fully saturated rings. The lowest BCUT2D eigenvalue weighted by molar-refractivity contribution is -0.139. The third-order valence-corrected chi connectivity index (χ3v) is 7.94. The van der Waals surface area contributed by atoms with Crippen LogP contribution in [-0.4, -0.2) is 94.3 Å². The Bertz CT molecular complexity index is 1000. The maximum Gasteiger partial charge on any atom is 0.333 e. The zero-order valence-electron chi connectivity index (χ0n) is 29.4. The predicted octanol–water partition coefficient (Wildman–Crippen LogP) is 4.76. The Morgan fingerprint density at radius 3 is 2.12 bits per heavy atom. The summed E-state index contributed by atoms with van der Waals surface area (Å²) in [6.07, 6.45) is 16.3. The lowest BCUT2D eigenvalue weighted by atomic mass is 9.90. The van der Waals surface area contributed by atoms with Crippen molar-refractivity contribution >= 4 is 36.3 Å². The van der Waals surface area contributed by atoms with Crippen LogP contribution in [0.15, 0.2) is 36.0 Å². The number of amides is 3. The standard InChI is InChI=1S/C36H61N3O8S/c1-4-47-36(43)31-17-18-32(38-30(3)40)33(28-31)39-35(42)19-23-44-21-11-5-6-12-22-45-25-26-46-24-20-37-34(41)16-10-9-15-29(2)14-8-7-13-27-48/h5-6,17,32-33,48H,2,4,7-16,18-28H2,1,3H3,(H,37,41)(H,38,40)(H,39,42)/b6-5-. The minimum Gasteiger partial charge on any atom is -0.463 e. The zero-order valence-corrected chi connectivity index (χ0v) is 30.3. The monoisotopic (exact) mass is 695 g/mol. The second-order valence-corrected chi connectivity index (χ2v) is 12.3. The smallest absolute Gasteiger partial charge is 0.333 e. The fourth-order valence-corrected chi connectivity index (χ4v) is 5.29. The average molecular weight is 696 g/mol. The van der Waals surface area contributed by atoms with E-state index in [1.807, 2.05) is 12.2 Å². The molecule has 0 saturated carbocycles. The van der Waals surface area contributed by atoms with Gasteiger partial charge in [0.2, 0.25) is 17.7 Å². The molecule has 0 bridgehead atoms. The summed E-state index contributed by atoms with van der Waals surface area (Å²) in [7, 11) is 0. The number of unbranched alkanes of at least 4 members (excludes halogenated alkanes) is 3. The molecule has 2 atom stereocenters. The van der Waals surface area contributed by atoms with Gasteiger partial charge in [0.05, 0.1) is 58.3 Å². The van der Waals surface area contributed by atoms with Crippen molar-refractivity contribution in [2.24, 2.45) is 0 Å². The second-order valence-electron chi connectivity index (χ2n) is 11.8. The minimum atomic E-state index is -0.394. The summed E-state index contributed by atoms with van der Waals surface area (Å²) in [6.45, 7) is 10.9. The summed E-state index contributed by atoms with van der Waals surface area (Å²) in [5.41, 5.74) is 1.79. The first-order chi connectivity index (χ1) is 23.3. The van der Waals surface area contributed by atoms with Crippen LogP contribution in [0.1, 0.15) is 97.3 Å². The van der Waals surface area contributed by atoms with Crippen molar-refractivity contribution in [1.29, 1.82) is 0 Å². The number of rotatable bonds is 29. The van der Waals surface area contributed by atoms with Crippen molar-refractivity contribution in [2.45, 2.75) is 109 Å². The highest BCUT2D eigenvalue weighted by molar-refractivity contribution is 7.80. The van der Waals surface area contributed by atoms with Gasteiger partial charge in [-0.2, -0.15) is 12.6 Å². The summed E-state index contributed by atoms with van der Waals surface area (Å²) in [5, 5.41) is 8.68. The molecule has 48 heavy (non-hydrogen) atoms. The maximum atomic E-state index is 12.5. The molecule has 1 aliphatic carbocycles. The van der Waals surface area contributed by atoms with E-state index in [1.54, 1.807) is 13.0 Å². The van der Waals surface area contributed by atoms with Crippen molar-refractivity contribution in [3.63, 3.8) is 0 Å². The first kappa shape index (κ1) is 43.4. The molecule has 0 aromatic carbocycles. The van der Waals surface area contributed by atoms with Gasteiger partial charge in [0.25, 0.3) is 0 Å². The highest BCUT2D eigenvalue weighted by Gasteiger charge is 2.30. The molecular formula is C36H61N3O8S. The Balaban J connectivity index is 1.98. The van der Waals surface area contributed by atoms with Gasteiger partial charge in [0, 0.05) is 38.3 Å². The lowest BCUT2D eigenvalue weighted by Gasteiger charge is -2.31. The highest BCUT2D eigenvalue weighted by Crippen LogP contribution is 2.21. The van der Waals surface area contributed by atoms with Crippen molar-refractivity contribution in [3.8, 4) is 0 Å². The Hall–Kier alpha value is -2.67. The minimum absolute atomic E-state index is 0.0643. The summed E-state index contributed by atoms with van der Waals surface area (Å²) < 4.78 is 21.8. The van der Waals surface area contributed by atoms with E-state index in [9.17, 15) is 19.2 Å². The van der Waals surface area contributed by atoms with E-state index >= 15 is 0 Å². The Morgan fingerprint density at radius 2 is 1.46 bits per heavy atom. The van der Waals surface area contributed by atoms with Crippen molar-refractivity contribution < 1.29 is 38.1 Å². The number of thiol groups is 1. The molecular weight excluding hydrogens is 634 g/mol. The molecule has 12 heteroatoms. The summed E-state index contributed by atoms with van der Waals surface area (Å²) >= 11 is 4.23. The van der Waals surface area contributed by atoms with Gasteiger partial charge in [-0.15, -0.1) is 0 Å². The molecule has 3 amide bonds.